The van der Waals surface area contributed by atoms with E-state index in [-0.39, 0.29) is 38.6 Å². The number of rotatable bonds is 14. The Labute approximate surface area is 192 Å². The fraction of sp³-hybridized carbons (Fsp3) is 0.609. The molecule has 0 aromatic heterocycles. The number of halogens is 1. The zero-order valence-electron chi connectivity index (χ0n) is 19.1. The summed E-state index contributed by atoms with van der Waals surface area (Å²) in [7, 11) is -0.112. The lowest BCUT2D eigenvalue weighted by atomic mass is 9.90. The van der Waals surface area contributed by atoms with Crippen molar-refractivity contribution in [2.45, 2.75) is 52.2 Å². The number of esters is 1. The van der Waals surface area contributed by atoms with E-state index in [0.717, 1.165) is 11.7 Å². The van der Waals surface area contributed by atoms with Gasteiger partial charge in [-0.1, -0.05) is 37.6 Å². The number of nitrogens with zero attached hydrogens (tertiary/aromatic N) is 1. The lowest BCUT2D eigenvalue weighted by molar-refractivity contribution is -0.152. The molecule has 1 aromatic rings. The summed E-state index contributed by atoms with van der Waals surface area (Å²) >= 11 is 5.97. The summed E-state index contributed by atoms with van der Waals surface area (Å²) in [6, 6.07) is 6.56. The molecule has 0 fully saturated rings. The lowest BCUT2D eigenvalue weighted by Crippen LogP contribution is -2.34. The van der Waals surface area contributed by atoms with Crippen molar-refractivity contribution in [1.29, 1.82) is 0 Å². The summed E-state index contributed by atoms with van der Waals surface area (Å²) in [4.78, 5) is 29.6. The van der Waals surface area contributed by atoms with Gasteiger partial charge in [0.05, 0.1) is 17.8 Å². The van der Waals surface area contributed by atoms with Gasteiger partial charge in [-0.15, -0.1) is 7.92 Å². The highest BCUT2D eigenvalue weighted by molar-refractivity contribution is 7.57. The molecule has 0 aliphatic rings. The van der Waals surface area contributed by atoms with Crippen LogP contribution in [0, 0.1) is 11.8 Å². The molecule has 1 rings (SSSR count). The van der Waals surface area contributed by atoms with Crippen LogP contribution >= 0.6 is 19.5 Å². The lowest BCUT2D eigenvalue weighted by Gasteiger charge is -2.19. The van der Waals surface area contributed by atoms with Crippen LogP contribution in [-0.2, 0) is 20.9 Å². The molecule has 0 heterocycles. The number of carbonyl (C=O) groups is 2. The largest absolute Gasteiger partial charge is 0.461 e. The number of hydrogen-bond donors (Lipinski definition) is 2. The molecule has 6 nitrogen and oxygen atoms in total. The molecular weight excluding hydrogens is 433 g/mol. The fourth-order valence-electron chi connectivity index (χ4n) is 3.19. The molecule has 0 aliphatic heterocycles. The Morgan fingerprint density at radius 3 is 2.58 bits per heavy atom. The summed E-state index contributed by atoms with van der Waals surface area (Å²) in [5.74, 6) is -0.0712. The van der Waals surface area contributed by atoms with Crippen LogP contribution in [0.15, 0.2) is 29.3 Å². The number of Topliss-reactive ketones (excluding diaryl/α,β-unsaturated/α-hetero) is 1. The van der Waals surface area contributed by atoms with Crippen LogP contribution in [0.25, 0.3) is 0 Å². The third kappa shape index (κ3) is 12.2. The predicted molar refractivity (Wildman–Crippen MR) is 131 cm³/mol. The van der Waals surface area contributed by atoms with E-state index in [4.69, 9.17) is 27.8 Å². The summed E-state index contributed by atoms with van der Waals surface area (Å²) < 4.78 is 5.46. The molecule has 174 valence electrons. The van der Waals surface area contributed by atoms with E-state index in [1.807, 2.05) is 19.9 Å². The average Bonchev–Trinajstić information content (AvgIpc) is 2.67. The molecule has 2 atom stereocenters. The maximum absolute atomic E-state index is 12.6. The highest BCUT2D eigenvalue weighted by atomic mass is 35.5. The maximum Gasteiger partial charge on any atom is 0.309 e. The van der Waals surface area contributed by atoms with Crippen LogP contribution in [0.4, 0.5) is 0 Å². The molecule has 0 radical (unpaired) electrons. The number of carbonyl (C=O) groups excluding carboxylic acids is 2. The quantitative estimate of drug-likeness (QED) is 0.139. The van der Waals surface area contributed by atoms with Gasteiger partial charge in [-0.2, -0.15) is 0 Å². The van der Waals surface area contributed by atoms with Gasteiger partial charge in [0.1, 0.15) is 12.4 Å². The van der Waals surface area contributed by atoms with Gasteiger partial charge in [-0.05, 0) is 56.2 Å². The van der Waals surface area contributed by atoms with E-state index in [1.165, 1.54) is 0 Å². The first-order valence-electron chi connectivity index (χ1n) is 10.7. The molecule has 8 heteroatoms. The second-order valence-corrected chi connectivity index (χ2v) is 11.5. The molecule has 0 saturated carbocycles. The minimum Gasteiger partial charge on any atom is -0.461 e. The van der Waals surface area contributed by atoms with Crippen molar-refractivity contribution in [3.8, 4) is 0 Å². The van der Waals surface area contributed by atoms with Crippen LogP contribution in [0.3, 0.4) is 0 Å². The fourth-order valence-corrected chi connectivity index (χ4v) is 4.15. The van der Waals surface area contributed by atoms with Crippen LogP contribution < -0.4 is 11.5 Å². The highest BCUT2D eigenvalue weighted by Gasteiger charge is 2.26. The predicted octanol–water partition coefficient (Wildman–Crippen LogP) is 4.21. The Morgan fingerprint density at radius 2 is 1.97 bits per heavy atom. The van der Waals surface area contributed by atoms with Crippen LogP contribution in [0.5, 0.6) is 0 Å². The summed E-state index contributed by atoms with van der Waals surface area (Å²) in [5.41, 5.74) is 12.8. The molecule has 0 unspecified atom stereocenters. The minimum absolute atomic E-state index is 0.0924. The normalized spacial score (nSPS) is 14.0. The first-order valence-corrected chi connectivity index (χ1v) is 13.5. The third-order valence-electron chi connectivity index (χ3n) is 4.69. The van der Waals surface area contributed by atoms with E-state index in [2.05, 4.69) is 18.3 Å². The number of ether oxygens (including phenoxy) is 1. The molecule has 31 heavy (non-hydrogen) atoms. The zero-order valence-corrected chi connectivity index (χ0v) is 20.8. The standard InChI is InChI=1S/C23H37ClN3O3P/c1-16(2)11-18(23(29)30-14-17-7-5-8-19(24)12-17)13-21(28)20(25)9-6-10-27-22(26)15-31(3)4/h5,7-8,12,16,18,20H,6,9-11,13-15,25H2,1-4H3,(H2,26,27)/t18-,20-/m1/s1. The number of benzene rings is 1. The Morgan fingerprint density at radius 1 is 1.26 bits per heavy atom. The minimum atomic E-state index is -0.610. The van der Waals surface area contributed by atoms with Gasteiger partial charge < -0.3 is 16.2 Å². The zero-order chi connectivity index (χ0) is 23.4. The number of amidine groups is 1. The maximum atomic E-state index is 12.6. The second-order valence-electron chi connectivity index (χ2n) is 8.59. The Hall–Kier alpha value is -1.49. The van der Waals surface area contributed by atoms with Gasteiger partial charge in [0.15, 0.2) is 0 Å². The first kappa shape index (κ1) is 27.5. The van der Waals surface area contributed by atoms with Gasteiger partial charge in [0.25, 0.3) is 0 Å². The van der Waals surface area contributed by atoms with Gasteiger partial charge in [-0.3, -0.25) is 14.6 Å². The van der Waals surface area contributed by atoms with E-state index in [9.17, 15) is 9.59 Å². The Kier molecular flexibility index (Phi) is 12.9. The SMILES string of the molecule is CC(C)C[C@H](CC(=O)[C@H](N)CCCN=C(N)CP(C)C)C(=O)OCc1cccc(Cl)c1. The molecule has 0 bridgehead atoms. The van der Waals surface area contributed by atoms with Gasteiger partial charge in [0.2, 0.25) is 0 Å². The third-order valence-corrected chi connectivity index (χ3v) is 5.88. The first-order chi connectivity index (χ1) is 14.6. The second kappa shape index (κ2) is 14.5. The number of nitrogens with two attached hydrogens (primary N) is 2. The van der Waals surface area contributed by atoms with Gasteiger partial charge >= 0.3 is 5.97 Å². The molecule has 4 N–H and O–H groups in total. The van der Waals surface area contributed by atoms with E-state index < -0.39 is 12.0 Å². The van der Waals surface area contributed by atoms with Crippen molar-refractivity contribution in [1.82, 2.24) is 0 Å². The Balaban J connectivity index is 2.54. The van der Waals surface area contributed by atoms with Gasteiger partial charge in [-0.25, -0.2) is 0 Å². The molecule has 1 aromatic carbocycles. The van der Waals surface area contributed by atoms with Crippen LogP contribution in [0.1, 0.15) is 45.1 Å². The topological polar surface area (TPSA) is 108 Å². The Bertz CT molecular complexity index is 741. The van der Waals surface area contributed by atoms with Crippen molar-refractivity contribution in [3.63, 3.8) is 0 Å². The summed E-state index contributed by atoms with van der Waals surface area (Å²) in [5, 5.41) is 0.588. The van der Waals surface area contributed by atoms with Gasteiger partial charge in [0, 0.05) is 24.2 Å². The number of ketones is 1. The van der Waals surface area contributed by atoms with Crippen molar-refractivity contribution in [2.75, 3.05) is 26.0 Å². The van der Waals surface area contributed by atoms with Crippen molar-refractivity contribution in [3.05, 3.63) is 34.9 Å². The van der Waals surface area contributed by atoms with E-state index in [0.29, 0.717) is 36.7 Å². The molecule has 0 spiro atoms. The van der Waals surface area contributed by atoms with Crippen LogP contribution in [-0.4, -0.2) is 49.7 Å². The van der Waals surface area contributed by atoms with Crippen molar-refractivity contribution in [2.24, 2.45) is 28.3 Å². The highest BCUT2D eigenvalue weighted by Crippen LogP contribution is 2.23. The summed E-state index contributed by atoms with van der Waals surface area (Å²) in [6.07, 6.45) is 2.70. The average molecular weight is 470 g/mol. The molecule has 0 aliphatic carbocycles. The molecule has 0 amide bonds. The summed E-state index contributed by atoms with van der Waals surface area (Å²) in [6.45, 7) is 9.03. The number of hydrogen-bond acceptors (Lipinski definition) is 5. The van der Waals surface area contributed by atoms with Crippen molar-refractivity contribution >= 4 is 37.1 Å². The van der Waals surface area contributed by atoms with Crippen LogP contribution in [0.2, 0.25) is 5.02 Å². The van der Waals surface area contributed by atoms with E-state index >= 15 is 0 Å². The van der Waals surface area contributed by atoms with E-state index in [1.54, 1.807) is 18.2 Å². The smallest absolute Gasteiger partial charge is 0.309 e. The number of aliphatic imine (C=N–C) groups is 1. The monoisotopic (exact) mass is 469 g/mol. The molecule has 0 saturated heterocycles. The molecular formula is C23H37ClN3O3P. The van der Waals surface area contributed by atoms with Crippen molar-refractivity contribution < 1.29 is 14.3 Å².